The number of fused-ring (bicyclic) bond motifs is 7. The van der Waals surface area contributed by atoms with E-state index < -0.39 is 5.97 Å². The predicted octanol–water partition coefficient (Wildman–Crippen LogP) is 3.49. The molecule has 5 rings (SSSR count). The van der Waals surface area contributed by atoms with E-state index in [0.29, 0.717) is 34.9 Å². The maximum atomic E-state index is 14.5. The van der Waals surface area contributed by atoms with Gasteiger partial charge in [-0.3, -0.25) is 0 Å². The third kappa shape index (κ3) is 2.06. The van der Waals surface area contributed by atoms with E-state index >= 15 is 0 Å². The lowest BCUT2D eigenvalue weighted by Gasteiger charge is -2.44. The van der Waals surface area contributed by atoms with Crippen molar-refractivity contribution in [2.75, 3.05) is 5.32 Å². The molecule has 0 spiro atoms. The largest absolute Gasteiger partial charge is 0.545 e. The Balaban J connectivity index is 1.70. The van der Waals surface area contributed by atoms with Crippen molar-refractivity contribution in [2.24, 2.45) is 17.8 Å². The van der Waals surface area contributed by atoms with Gasteiger partial charge in [0.1, 0.15) is 5.82 Å². The number of benzene rings is 2. The average molecular weight is 336 g/mol. The first kappa shape index (κ1) is 14.9. The molecule has 1 aliphatic heterocycles. The van der Waals surface area contributed by atoms with Gasteiger partial charge in [0, 0.05) is 16.8 Å². The lowest BCUT2D eigenvalue weighted by Crippen LogP contribution is -2.37. The Labute approximate surface area is 145 Å². The van der Waals surface area contributed by atoms with Crippen molar-refractivity contribution in [1.82, 2.24) is 0 Å². The third-order valence-corrected chi connectivity index (χ3v) is 6.58. The van der Waals surface area contributed by atoms with E-state index in [1.54, 1.807) is 18.2 Å². The fourth-order valence-corrected chi connectivity index (χ4v) is 5.72. The summed E-state index contributed by atoms with van der Waals surface area (Å²) in [7, 11) is 0. The van der Waals surface area contributed by atoms with E-state index in [0.717, 1.165) is 12.0 Å². The topological polar surface area (TPSA) is 52.2 Å². The highest BCUT2D eigenvalue weighted by atomic mass is 19.1. The average Bonchev–Trinajstić information content (AvgIpc) is 3.23. The number of carboxylic acids is 1. The number of para-hydroxylation sites is 1. The quantitative estimate of drug-likeness (QED) is 0.913. The molecule has 1 heterocycles. The van der Waals surface area contributed by atoms with Crippen LogP contribution in [0.5, 0.6) is 0 Å². The summed E-state index contributed by atoms with van der Waals surface area (Å²) in [6.07, 6.45) is 3.54. The van der Waals surface area contributed by atoms with Gasteiger partial charge in [-0.15, -0.1) is 0 Å². The molecule has 0 amide bonds. The normalized spacial score (nSPS) is 32.0. The highest BCUT2D eigenvalue weighted by Crippen LogP contribution is 2.64. The molecule has 3 aliphatic rings. The van der Waals surface area contributed by atoms with Crippen LogP contribution < -0.4 is 10.4 Å². The monoisotopic (exact) mass is 336 g/mol. The molecular formula is C21H19FNO2-. The van der Waals surface area contributed by atoms with Crippen molar-refractivity contribution in [3.63, 3.8) is 0 Å². The lowest BCUT2D eigenvalue weighted by molar-refractivity contribution is -0.254. The Morgan fingerprint density at radius 1 is 1.04 bits per heavy atom. The molecule has 2 fully saturated rings. The van der Waals surface area contributed by atoms with Crippen LogP contribution in [0.1, 0.15) is 52.7 Å². The molecule has 4 heteroatoms. The molecule has 2 saturated carbocycles. The van der Waals surface area contributed by atoms with Gasteiger partial charge in [-0.25, -0.2) is 4.39 Å². The number of anilines is 1. The van der Waals surface area contributed by atoms with Crippen LogP contribution in [0.4, 0.5) is 10.1 Å². The van der Waals surface area contributed by atoms with Crippen LogP contribution in [0.25, 0.3) is 0 Å². The van der Waals surface area contributed by atoms with Crippen molar-refractivity contribution in [1.29, 1.82) is 0 Å². The van der Waals surface area contributed by atoms with Crippen LogP contribution in [0.15, 0.2) is 42.5 Å². The molecule has 2 aliphatic carbocycles. The van der Waals surface area contributed by atoms with Gasteiger partial charge >= 0.3 is 0 Å². The SMILES string of the molecule is O=C([O-])c1cccc2c1N[C@@H](c1ccccc1F)[C@H]1[C@H]3CC[C@@H](C3)[C@H]21. The molecule has 3 nitrogen and oxygen atoms in total. The Bertz CT molecular complexity index is 865. The van der Waals surface area contributed by atoms with E-state index in [4.69, 9.17) is 0 Å². The van der Waals surface area contributed by atoms with Crippen molar-refractivity contribution in [2.45, 2.75) is 31.2 Å². The van der Waals surface area contributed by atoms with Crippen LogP contribution >= 0.6 is 0 Å². The van der Waals surface area contributed by atoms with Gasteiger partial charge in [0.2, 0.25) is 0 Å². The first-order chi connectivity index (χ1) is 12.1. The van der Waals surface area contributed by atoms with E-state index in [1.165, 1.54) is 18.9 Å². The van der Waals surface area contributed by atoms with Crippen LogP contribution in [0, 0.1) is 23.6 Å². The molecule has 2 bridgehead atoms. The number of carbonyl (C=O) groups is 1. The van der Waals surface area contributed by atoms with Crippen LogP contribution in [0.2, 0.25) is 0 Å². The lowest BCUT2D eigenvalue weighted by atomic mass is 9.67. The first-order valence-corrected chi connectivity index (χ1v) is 9.00. The summed E-state index contributed by atoms with van der Waals surface area (Å²) in [5, 5.41) is 15.0. The number of hydrogen-bond donors (Lipinski definition) is 1. The zero-order valence-corrected chi connectivity index (χ0v) is 13.7. The molecule has 2 aromatic carbocycles. The Morgan fingerprint density at radius 3 is 2.60 bits per heavy atom. The number of nitrogens with one attached hydrogen (secondary N) is 1. The van der Waals surface area contributed by atoms with Crippen LogP contribution in [-0.4, -0.2) is 5.97 Å². The Kier molecular flexibility index (Phi) is 3.18. The summed E-state index contributed by atoms with van der Waals surface area (Å²) in [4.78, 5) is 11.6. The summed E-state index contributed by atoms with van der Waals surface area (Å²) in [5.74, 6) is 0.363. The van der Waals surface area contributed by atoms with Crippen LogP contribution in [0.3, 0.4) is 0 Å². The third-order valence-electron chi connectivity index (χ3n) is 6.58. The van der Waals surface area contributed by atoms with Crippen molar-refractivity contribution in [3.8, 4) is 0 Å². The van der Waals surface area contributed by atoms with E-state index in [-0.39, 0.29) is 17.4 Å². The molecule has 0 unspecified atom stereocenters. The molecule has 25 heavy (non-hydrogen) atoms. The number of carboxylic acid groups (broad SMARTS) is 1. The zero-order chi connectivity index (χ0) is 17.1. The predicted molar refractivity (Wildman–Crippen MR) is 90.6 cm³/mol. The number of aromatic carboxylic acids is 1. The molecule has 2 aromatic rings. The first-order valence-electron chi connectivity index (χ1n) is 9.00. The second kappa shape index (κ2) is 5.32. The molecule has 128 valence electrons. The van der Waals surface area contributed by atoms with E-state index in [9.17, 15) is 14.3 Å². The highest BCUT2D eigenvalue weighted by molar-refractivity contribution is 5.94. The standard InChI is InChI=1S/C21H20FNO2/c22-16-7-2-1-4-13(16)20-18-12-9-8-11(10-12)17(18)14-5-3-6-15(21(24)25)19(14)23-20/h1-7,11-12,17-18,20,23H,8-10H2,(H,24,25)/p-1/t11-,12-,17+,18-,20-/m0/s1. The minimum atomic E-state index is -1.18. The van der Waals surface area contributed by atoms with Gasteiger partial charge in [-0.1, -0.05) is 36.4 Å². The van der Waals surface area contributed by atoms with Gasteiger partial charge in [-0.05, 0) is 54.6 Å². The second-order valence-corrected chi connectivity index (χ2v) is 7.64. The number of hydrogen-bond acceptors (Lipinski definition) is 3. The van der Waals surface area contributed by atoms with Gasteiger partial charge in [0.05, 0.1) is 12.0 Å². The summed E-state index contributed by atoms with van der Waals surface area (Å²) in [6.45, 7) is 0. The summed E-state index contributed by atoms with van der Waals surface area (Å²) >= 11 is 0. The summed E-state index contributed by atoms with van der Waals surface area (Å²) < 4.78 is 14.5. The number of halogens is 1. The van der Waals surface area contributed by atoms with Gasteiger partial charge in [-0.2, -0.15) is 0 Å². The smallest absolute Gasteiger partial charge is 0.128 e. The Morgan fingerprint density at radius 2 is 1.80 bits per heavy atom. The van der Waals surface area contributed by atoms with E-state index in [1.807, 2.05) is 18.2 Å². The minimum absolute atomic E-state index is 0.181. The van der Waals surface area contributed by atoms with Crippen molar-refractivity contribution in [3.05, 3.63) is 65.0 Å². The fourth-order valence-electron chi connectivity index (χ4n) is 5.72. The van der Waals surface area contributed by atoms with Gasteiger partial charge < -0.3 is 15.2 Å². The molecule has 5 atom stereocenters. The molecule has 0 aromatic heterocycles. The van der Waals surface area contributed by atoms with Gasteiger partial charge in [0.15, 0.2) is 0 Å². The molecule has 0 saturated heterocycles. The maximum Gasteiger partial charge on any atom is 0.128 e. The van der Waals surface area contributed by atoms with Crippen molar-refractivity contribution < 1.29 is 14.3 Å². The zero-order valence-electron chi connectivity index (χ0n) is 13.7. The molecule has 1 N–H and O–H groups in total. The summed E-state index contributed by atoms with van der Waals surface area (Å²) in [6, 6.07) is 12.1. The highest BCUT2D eigenvalue weighted by Gasteiger charge is 2.54. The number of carbonyl (C=O) groups excluding carboxylic acids is 1. The Hall–Kier alpha value is -2.36. The maximum absolute atomic E-state index is 14.5. The van der Waals surface area contributed by atoms with Crippen LogP contribution in [-0.2, 0) is 0 Å². The van der Waals surface area contributed by atoms with Crippen molar-refractivity contribution >= 4 is 11.7 Å². The summed E-state index contributed by atoms with van der Waals surface area (Å²) in [5.41, 5.74) is 2.53. The fraction of sp³-hybridized carbons (Fsp3) is 0.381. The van der Waals surface area contributed by atoms with Gasteiger partial charge in [0.25, 0.3) is 0 Å². The number of rotatable bonds is 2. The molecule has 0 radical (unpaired) electrons. The minimum Gasteiger partial charge on any atom is -0.545 e. The van der Waals surface area contributed by atoms with E-state index in [2.05, 4.69) is 5.32 Å². The second-order valence-electron chi connectivity index (χ2n) is 7.64. The molecular weight excluding hydrogens is 317 g/mol.